The number of hydrogen-bond donors (Lipinski definition) is 1. The van der Waals surface area contributed by atoms with Crippen molar-refractivity contribution in [3.8, 4) is 0 Å². The number of nitrogens with one attached hydrogen (secondary N) is 1. The molecule has 1 N–H and O–H groups in total. The van der Waals surface area contributed by atoms with Crippen molar-refractivity contribution >= 4 is 17.5 Å². The lowest BCUT2D eigenvalue weighted by Crippen LogP contribution is -2.42. The standard InChI is InChI=1S/C18H21F3N2O2/c1-2-10-23(18(25)12-6-4-3-5-7-12)11-15(24)22-14-9-8-13(19)16(20)17(14)21/h3-4,8-9,12H,2,5-7,10-11H2,1H3,(H,22,24). The van der Waals surface area contributed by atoms with Crippen molar-refractivity contribution in [1.82, 2.24) is 4.90 Å². The zero-order valence-electron chi connectivity index (χ0n) is 14.0. The first kappa shape index (κ1) is 19.0. The number of benzene rings is 1. The molecule has 0 heterocycles. The van der Waals surface area contributed by atoms with Crippen molar-refractivity contribution in [3.63, 3.8) is 0 Å². The molecule has 1 aromatic rings. The van der Waals surface area contributed by atoms with Crippen molar-refractivity contribution in [2.75, 3.05) is 18.4 Å². The van der Waals surface area contributed by atoms with Crippen molar-refractivity contribution in [2.24, 2.45) is 5.92 Å². The molecule has 0 saturated heterocycles. The third-order valence-electron chi connectivity index (χ3n) is 4.07. The number of hydrogen-bond acceptors (Lipinski definition) is 2. The summed E-state index contributed by atoms with van der Waals surface area (Å²) in [6.45, 7) is 2.02. The van der Waals surface area contributed by atoms with Gasteiger partial charge in [0, 0.05) is 12.5 Å². The van der Waals surface area contributed by atoms with E-state index >= 15 is 0 Å². The predicted octanol–water partition coefficient (Wildman–Crippen LogP) is 3.64. The molecule has 0 aromatic heterocycles. The van der Waals surface area contributed by atoms with Crippen molar-refractivity contribution < 1.29 is 22.8 Å². The molecule has 1 aromatic carbocycles. The molecule has 0 aliphatic heterocycles. The number of allylic oxidation sites excluding steroid dienone is 2. The Labute approximate surface area is 144 Å². The first-order chi connectivity index (χ1) is 11.9. The van der Waals surface area contributed by atoms with Crippen LogP contribution in [0.25, 0.3) is 0 Å². The lowest BCUT2D eigenvalue weighted by atomic mass is 9.93. The molecule has 0 fully saturated rings. The lowest BCUT2D eigenvalue weighted by molar-refractivity contribution is -0.138. The number of halogens is 3. The van der Waals surface area contributed by atoms with Gasteiger partial charge in [-0.05, 0) is 37.8 Å². The average molecular weight is 354 g/mol. The van der Waals surface area contributed by atoms with E-state index in [4.69, 9.17) is 0 Å². The summed E-state index contributed by atoms with van der Waals surface area (Å²) in [6, 6.07) is 1.68. The van der Waals surface area contributed by atoms with E-state index in [1.165, 1.54) is 4.90 Å². The fraction of sp³-hybridized carbons (Fsp3) is 0.444. The van der Waals surface area contributed by atoms with Crippen LogP contribution in [0.4, 0.5) is 18.9 Å². The lowest BCUT2D eigenvalue weighted by Gasteiger charge is -2.27. The van der Waals surface area contributed by atoms with Gasteiger partial charge in [0.25, 0.3) is 0 Å². The second-order valence-electron chi connectivity index (χ2n) is 6.01. The molecule has 25 heavy (non-hydrogen) atoms. The summed E-state index contributed by atoms with van der Waals surface area (Å²) in [4.78, 5) is 26.1. The van der Waals surface area contributed by atoms with Crippen molar-refractivity contribution in [3.05, 3.63) is 41.7 Å². The monoisotopic (exact) mass is 354 g/mol. The molecule has 0 spiro atoms. The molecule has 2 amide bonds. The predicted molar refractivity (Wildman–Crippen MR) is 88.3 cm³/mol. The van der Waals surface area contributed by atoms with E-state index in [1.807, 2.05) is 19.1 Å². The van der Waals surface area contributed by atoms with Crippen molar-refractivity contribution in [2.45, 2.75) is 32.6 Å². The van der Waals surface area contributed by atoms with Gasteiger partial charge in [-0.25, -0.2) is 13.2 Å². The summed E-state index contributed by atoms with van der Waals surface area (Å²) < 4.78 is 39.8. The third-order valence-corrected chi connectivity index (χ3v) is 4.07. The Morgan fingerprint density at radius 3 is 2.60 bits per heavy atom. The van der Waals surface area contributed by atoms with Gasteiger partial charge in [0.1, 0.15) is 0 Å². The second kappa shape index (κ2) is 8.69. The van der Waals surface area contributed by atoms with Crippen LogP contribution in [0.15, 0.2) is 24.3 Å². The summed E-state index contributed by atoms with van der Waals surface area (Å²) in [5.41, 5.74) is -0.451. The third kappa shape index (κ3) is 4.84. The topological polar surface area (TPSA) is 49.4 Å². The quantitative estimate of drug-likeness (QED) is 0.626. The molecule has 1 atom stereocenters. The number of amides is 2. The molecule has 7 heteroatoms. The van der Waals surface area contributed by atoms with Crippen LogP contribution >= 0.6 is 0 Å². The minimum Gasteiger partial charge on any atom is -0.333 e. The summed E-state index contributed by atoms with van der Waals surface area (Å²) in [5.74, 6) is -5.37. The molecule has 2 rings (SSSR count). The van der Waals surface area contributed by atoms with E-state index in [9.17, 15) is 22.8 Å². The van der Waals surface area contributed by atoms with Crippen LogP contribution in [0, 0.1) is 23.4 Å². The largest absolute Gasteiger partial charge is 0.333 e. The Hall–Kier alpha value is -2.31. The van der Waals surface area contributed by atoms with Gasteiger partial charge in [-0.15, -0.1) is 0 Å². The van der Waals surface area contributed by atoms with Crippen molar-refractivity contribution in [1.29, 1.82) is 0 Å². The van der Waals surface area contributed by atoms with E-state index in [0.29, 0.717) is 19.4 Å². The highest BCUT2D eigenvalue weighted by molar-refractivity contribution is 5.95. The minimum absolute atomic E-state index is 0.118. The zero-order valence-corrected chi connectivity index (χ0v) is 14.0. The maximum atomic E-state index is 13.6. The Morgan fingerprint density at radius 1 is 1.20 bits per heavy atom. The number of anilines is 1. The highest BCUT2D eigenvalue weighted by Gasteiger charge is 2.26. The fourth-order valence-corrected chi connectivity index (χ4v) is 2.80. The smallest absolute Gasteiger partial charge is 0.244 e. The van der Waals surface area contributed by atoms with E-state index in [2.05, 4.69) is 5.32 Å². The van der Waals surface area contributed by atoms with Crippen LogP contribution in [0.3, 0.4) is 0 Å². The highest BCUT2D eigenvalue weighted by Crippen LogP contribution is 2.22. The molecule has 1 aliphatic rings. The molecule has 0 saturated carbocycles. The zero-order chi connectivity index (χ0) is 18.4. The van der Waals surface area contributed by atoms with E-state index in [-0.39, 0.29) is 18.4 Å². The van der Waals surface area contributed by atoms with E-state index in [1.54, 1.807) is 0 Å². The van der Waals surface area contributed by atoms with E-state index in [0.717, 1.165) is 25.0 Å². The van der Waals surface area contributed by atoms with E-state index < -0.39 is 29.0 Å². The summed E-state index contributed by atoms with van der Waals surface area (Å²) in [7, 11) is 0. The number of rotatable bonds is 6. The first-order valence-electron chi connectivity index (χ1n) is 8.31. The second-order valence-corrected chi connectivity index (χ2v) is 6.01. The van der Waals surface area contributed by atoms with Gasteiger partial charge in [-0.2, -0.15) is 0 Å². The molecule has 1 aliphatic carbocycles. The number of carbonyl (C=O) groups is 2. The maximum absolute atomic E-state index is 13.6. The Bertz CT molecular complexity index is 677. The van der Waals surface area contributed by atoms with Crippen LogP contribution in [0.5, 0.6) is 0 Å². The normalized spacial score (nSPS) is 16.6. The van der Waals surface area contributed by atoms with Gasteiger partial charge >= 0.3 is 0 Å². The molecular weight excluding hydrogens is 333 g/mol. The molecule has 0 bridgehead atoms. The minimum atomic E-state index is -1.65. The molecule has 4 nitrogen and oxygen atoms in total. The summed E-state index contributed by atoms with van der Waals surface area (Å²) in [6.07, 6.45) is 6.83. The SMILES string of the molecule is CCCN(CC(=O)Nc1ccc(F)c(F)c1F)C(=O)C1CC=CCC1. The van der Waals surface area contributed by atoms with Crippen LogP contribution in [-0.2, 0) is 9.59 Å². The Balaban J connectivity index is 2.03. The Kier molecular flexibility index (Phi) is 6.61. The number of carbonyl (C=O) groups excluding carboxylic acids is 2. The summed E-state index contributed by atoms with van der Waals surface area (Å²) in [5, 5.41) is 2.20. The van der Waals surface area contributed by atoms with Crippen LogP contribution in [-0.4, -0.2) is 29.8 Å². The molecule has 1 unspecified atom stereocenters. The summed E-state index contributed by atoms with van der Waals surface area (Å²) >= 11 is 0. The highest BCUT2D eigenvalue weighted by atomic mass is 19.2. The van der Waals surface area contributed by atoms with Gasteiger partial charge in [-0.1, -0.05) is 19.1 Å². The van der Waals surface area contributed by atoms with Gasteiger partial charge in [0.05, 0.1) is 12.2 Å². The fourth-order valence-electron chi connectivity index (χ4n) is 2.80. The first-order valence-corrected chi connectivity index (χ1v) is 8.31. The number of nitrogens with zero attached hydrogens (tertiary/aromatic N) is 1. The molecular formula is C18H21F3N2O2. The van der Waals surface area contributed by atoms with Crippen LogP contribution in [0.1, 0.15) is 32.6 Å². The maximum Gasteiger partial charge on any atom is 0.244 e. The van der Waals surface area contributed by atoms with Gasteiger partial charge in [0.2, 0.25) is 11.8 Å². The van der Waals surface area contributed by atoms with Gasteiger partial charge in [0.15, 0.2) is 17.5 Å². The van der Waals surface area contributed by atoms with Gasteiger partial charge < -0.3 is 10.2 Å². The van der Waals surface area contributed by atoms with Crippen LogP contribution < -0.4 is 5.32 Å². The van der Waals surface area contributed by atoms with Crippen LogP contribution in [0.2, 0.25) is 0 Å². The van der Waals surface area contributed by atoms with Gasteiger partial charge in [-0.3, -0.25) is 9.59 Å². The average Bonchev–Trinajstić information content (AvgIpc) is 2.62. The molecule has 0 radical (unpaired) electrons. The molecule has 136 valence electrons. The Morgan fingerprint density at radius 2 is 1.96 bits per heavy atom.